The molecule has 0 N–H and O–H groups in total. The van der Waals surface area contributed by atoms with Crippen molar-refractivity contribution >= 4 is 6.09 Å². The van der Waals surface area contributed by atoms with Crippen molar-refractivity contribution in [1.29, 1.82) is 0 Å². The summed E-state index contributed by atoms with van der Waals surface area (Å²) in [5, 5.41) is 0. The number of piperidine rings is 1. The predicted octanol–water partition coefficient (Wildman–Crippen LogP) is 2.27. The van der Waals surface area contributed by atoms with Gasteiger partial charge in [-0.05, 0) is 58.9 Å². The predicted molar refractivity (Wildman–Crippen MR) is 91.5 cm³/mol. The molecule has 5 nitrogen and oxygen atoms in total. The van der Waals surface area contributed by atoms with Crippen molar-refractivity contribution in [3.8, 4) is 0 Å². The van der Waals surface area contributed by atoms with Gasteiger partial charge in [0.15, 0.2) is 0 Å². The number of hydrogen-bond acceptors (Lipinski definition) is 4. The molecule has 3 aliphatic rings. The van der Waals surface area contributed by atoms with Crippen molar-refractivity contribution in [2.24, 2.45) is 11.8 Å². The van der Waals surface area contributed by atoms with E-state index >= 15 is 0 Å². The van der Waals surface area contributed by atoms with Crippen LogP contribution in [0, 0.1) is 11.8 Å². The summed E-state index contributed by atoms with van der Waals surface area (Å²) >= 11 is 0. The average molecular weight is 323 g/mol. The van der Waals surface area contributed by atoms with E-state index in [0.717, 1.165) is 37.8 Å². The number of fused-ring (bicyclic) bond motifs is 1. The van der Waals surface area contributed by atoms with Crippen molar-refractivity contribution in [3.05, 3.63) is 0 Å². The molecule has 0 aromatic heterocycles. The molecule has 3 atom stereocenters. The maximum atomic E-state index is 12.5. The lowest BCUT2D eigenvalue weighted by Gasteiger charge is -2.38. The number of hydrogen-bond donors (Lipinski definition) is 0. The Morgan fingerprint density at radius 2 is 1.74 bits per heavy atom. The van der Waals surface area contributed by atoms with Crippen molar-refractivity contribution in [1.82, 2.24) is 14.7 Å². The summed E-state index contributed by atoms with van der Waals surface area (Å²) in [5.74, 6) is 1.66. The van der Waals surface area contributed by atoms with Gasteiger partial charge in [-0.15, -0.1) is 0 Å². The highest BCUT2D eigenvalue weighted by Gasteiger charge is 2.40. The molecule has 0 aromatic carbocycles. The first-order chi connectivity index (χ1) is 10.8. The Labute approximate surface area is 140 Å². The third-order valence-corrected chi connectivity index (χ3v) is 5.47. The van der Waals surface area contributed by atoms with Gasteiger partial charge in [0.1, 0.15) is 5.60 Å². The molecular formula is C18H33N3O2. The number of likely N-dealkylation sites (tertiary alicyclic amines) is 3. The Bertz CT molecular complexity index is 420. The summed E-state index contributed by atoms with van der Waals surface area (Å²) in [6, 6.07) is 0.329. The van der Waals surface area contributed by atoms with Gasteiger partial charge in [0.2, 0.25) is 0 Å². The molecule has 0 aromatic rings. The summed E-state index contributed by atoms with van der Waals surface area (Å²) in [6.07, 6.45) is 3.32. The Morgan fingerprint density at radius 1 is 1.09 bits per heavy atom. The van der Waals surface area contributed by atoms with Crippen molar-refractivity contribution in [2.75, 3.05) is 46.3 Å². The van der Waals surface area contributed by atoms with Crippen LogP contribution < -0.4 is 0 Å². The molecule has 3 heterocycles. The summed E-state index contributed by atoms with van der Waals surface area (Å²) in [7, 11) is 2.23. The summed E-state index contributed by atoms with van der Waals surface area (Å²) in [4.78, 5) is 19.6. The van der Waals surface area contributed by atoms with E-state index in [1.54, 1.807) is 0 Å². The first-order valence-electron chi connectivity index (χ1n) is 9.22. The van der Waals surface area contributed by atoms with E-state index in [4.69, 9.17) is 4.74 Å². The zero-order valence-electron chi connectivity index (χ0n) is 15.3. The molecule has 3 aliphatic heterocycles. The largest absolute Gasteiger partial charge is 0.444 e. The van der Waals surface area contributed by atoms with Crippen LogP contribution >= 0.6 is 0 Å². The van der Waals surface area contributed by atoms with E-state index in [0.29, 0.717) is 6.04 Å². The minimum atomic E-state index is -0.408. The highest BCUT2D eigenvalue weighted by molar-refractivity contribution is 5.68. The fourth-order valence-electron chi connectivity index (χ4n) is 4.52. The van der Waals surface area contributed by atoms with Crippen LogP contribution in [-0.2, 0) is 4.74 Å². The summed E-state index contributed by atoms with van der Waals surface area (Å²) < 4.78 is 5.62. The Hall–Kier alpha value is -0.810. The lowest BCUT2D eigenvalue weighted by molar-refractivity contribution is 0.00566. The topological polar surface area (TPSA) is 36.0 Å². The first-order valence-corrected chi connectivity index (χ1v) is 9.22. The van der Waals surface area contributed by atoms with Gasteiger partial charge in [-0.1, -0.05) is 0 Å². The summed E-state index contributed by atoms with van der Waals surface area (Å²) in [6.45, 7) is 12.6. The summed E-state index contributed by atoms with van der Waals surface area (Å²) in [5.41, 5.74) is -0.408. The van der Waals surface area contributed by atoms with Crippen LogP contribution in [-0.4, -0.2) is 78.8 Å². The van der Waals surface area contributed by atoms with Crippen LogP contribution in [0.15, 0.2) is 0 Å². The number of ether oxygens (including phenoxy) is 1. The van der Waals surface area contributed by atoms with Crippen molar-refractivity contribution < 1.29 is 9.53 Å². The number of nitrogens with zero attached hydrogens (tertiary/aromatic N) is 3. The molecule has 132 valence electrons. The van der Waals surface area contributed by atoms with Crippen LogP contribution in [0.4, 0.5) is 4.79 Å². The van der Waals surface area contributed by atoms with Gasteiger partial charge >= 0.3 is 6.09 Å². The van der Waals surface area contributed by atoms with E-state index in [2.05, 4.69) is 16.8 Å². The molecule has 23 heavy (non-hydrogen) atoms. The van der Waals surface area contributed by atoms with Gasteiger partial charge in [0.25, 0.3) is 0 Å². The standard InChI is InChI=1S/C18H33N3O2/c1-18(2,3)23-17(22)21-8-6-5-7-16(21)13-20-11-14-9-19(4)10-15(14)12-20/h14-16H,5-13H2,1-4H3/t14-,15+,16-/m1/s1. The van der Waals surface area contributed by atoms with Gasteiger partial charge < -0.3 is 19.4 Å². The van der Waals surface area contributed by atoms with Gasteiger partial charge in [0.05, 0.1) is 0 Å². The monoisotopic (exact) mass is 323 g/mol. The van der Waals surface area contributed by atoms with Gasteiger partial charge in [0, 0.05) is 45.3 Å². The van der Waals surface area contributed by atoms with Crippen LogP contribution in [0.5, 0.6) is 0 Å². The lowest BCUT2D eigenvalue weighted by atomic mass is 10.0. The molecule has 1 amide bonds. The minimum absolute atomic E-state index is 0.124. The SMILES string of the molecule is CN1C[C@@H]2CN(C[C@H]3CCCCN3C(=O)OC(C)(C)C)C[C@@H]2C1. The molecule has 3 saturated heterocycles. The molecule has 0 radical (unpaired) electrons. The molecule has 5 heteroatoms. The van der Waals surface area contributed by atoms with Crippen LogP contribution in [0.25, 0.3) is 0 Å². The van der Waals surface area contributed by atoms with Gasteiger partial charge in [-0.2, -0.15) is 0 Å². The van der Waals surface area contributed by atoms with E-state index in [1.165, 1.54) is 32.6 Å². The Kier molecular flexibility index (Phi) is 4.88. The second kappa shape index (κ2) is 6.60. The van der Waals surface area contributed by atoms with Crippen LogP contribution in [0.2, 0.25) is 0 Å². The molecular weight excluding hydrogens is 290 g/mol. The molecule has 3 fully saturated rings. The fourth-order valence-corrected chi connectivity index (χ4v) is 4.52. The molecule has 0 bridgehead atoms. The lowest BCUT2D eigenvalue weighted by Crippen LogP contribution is -2.50. The molecule has 0 spiro atoms. The van der Waals surface area contributed by atoms with E-state index < -0.39 is 5.60 Å². The van der Waals surface area contributed by atoms with Gasteiger partial charge in [-0.3, -0.25) is 0 Å². The number of amides is 1. The second-order valence-corrected chi connectivity index (χ2v) is 8.78. The van der Waals surface area contributed by atoms with Crippen molar-refractivity contribution in [2.45, 2.75) is 51.7 Å². The fraction of sp³-hybridized carbons (Fsp3) is 0.944. The van der Waals surface area contributed by atoms with Crippen LogP contribution in [0.1, 0.15) is 40.0 Å². The number of carbonyl (C=O) groups is 1. The van der Waals surface area contributed by atoms with E-state index in [1.807, 2.05) is 25.7 Å². The highest BCUT2D eigenvalue weighted by atomic mass is 16.6. The third-order valence-electron chi connectivity index (χ3n) is 5.47. The van der Waals surface area contributed by atoms with Crippen LogP contribution in [0.3, 0.4) is 0 Å². The molecule has 0 unspecified atom stereocenters. The molecule has 0 aliphatic carbocycles. The van der Waals surface area contributed by atoms with E-state index in [-0.39, 0.29) is 6.09 Å². The smallest absolute Gasteiger partial charge is 0.410 e. The van der Waals surface area contributed by atoms with E-state index in [9.17, 15) is 4.79 Å². The number of carbonyl (C=O) groups excluding carboxylic acids is 1. The molecule has 3 rings (SSSR count). The maximum Gasteiger partial charge on any atom is 0.410 e. The second-order valence-electron chi connectivity index (χ2n) is 8.78. The first kappa shape index (κ1) is 17.0. The zero-order chi connectivity index (χ0) is 16.6. The minimum Gasteiger partial charge on any atom is -0.444 e. The normalized spacial score (nSPS) is 33.0. The molecule has 0 saturated carbocycles. The van der Waals surface area contributed by atoms with Crippen molar-refractivity contribution in [3.63, 3.8) is 0 Å². The van der Waals surface area contributed by atoms with Gasteiger partial charge in [-0.25, -0.2) is 4.79 Å². The number of rotatable bonds is 2. The highest BCUT2D eigenvalue weighted by Crippen LogP contribution is 2.31. The average Bonchev–Trinajstić information content (AvgIpc) is 2.93. The third kappa shape index (κ3) is 4.18. The Balaban J connectivity index is 1.56. The Morgan fingerprint density at radius 3 is 2.35 bits per heavy atom. The quantitative estimate of drug-likeness (QED) is 0.781. The zero-order valence-corrected chi connectivity index (χ0v) is 15.3. The maximum absolute atomic E-state index is 12.5.